The average molecular weight is 378 g/mol. The molecule has 1 saturated heterocycles. The first-order chi connectivity index (χ1) is 12.3. The van der Waals surface area contributed by atoms with Crippen LogP contribution in [0.3, 0.4) is 0 Å². The van der Waals surface area contributed by atoms with E-state index in [1.807, 2.05) is 0 Å². The predicted octanol–water partition coefficient (Wildman–Crippen LogP) is 2.17. The summed E-state index contributed by atoms with van der Waals surface area (Å²) in [6, 6.07) is 4.48. The number of benzene rings is 1. The first-order valence-electron chi connectivity index (χ1n) is 8.03. The molecule has 1 aromatic carbocycles. The van der Waals surface area contributed by atoms with Crippen LogP contribution in [-0.4, -0.2) is 42.7 Å². The third-order valence-corrected chi connectivity index (χ3v) is 4.38. The molecular formula is C18H22N2O5S. The molecule has 1 fully saturated rings. The molecule has 26 heavy (non-hydrogen) atoms. The minimum atomic E-state index is -0.816. The summed E-state index contributed by atoms with van der Waals surface area (Å²) in [6.45, 7) is 7.22. The van der Waals surface area contributed by atoms with Crippen molar-refractivity contribution in [3.8, 4) is 11.5 Å². The number of esters is 1. The highest BCUT2D eigenvalue weighted by Gasteiger charge is 2.44. The minimum Gasteiger partial charge on any atom is -0.493 e. The number of methoxy groups -OCH3 is 2. The molecule has 0 radical (unpaired) electrons. The smallest absolute Gasteiger partial charge is 0.317 e. The monoisotopic (exact) mass is 378 g/mol. The van der Waals surface area contributed by atoms with Gasteiger partial charge in [-0.3, -0.25) is 14.5 Å². The summed E-state index contributed by atoms with van der Waals surface area (Å²) in [5.41, 5.74) is 1.03. The maximum absolute atomic E-state index is 12.6. The van der Waals surface area contributed by atoms with Crippen molar-refractivity contribution in [2.45, 2.75) is 19.9 Å². The van der Waals surface area contributed by atoms with E-state index in [4.69, 9.17) is 26.4 Å². The zero-order valence-electron chi connectivity index (χ0n) is 15.2. The number of nitrogens with one attached hydrogen (secondary N) is 1. The van der Waals surface area contributed by atoms with E-state index in [-0.39, 0.29) is 17.6 Å². The van der Waals surface area contributed by atoms with Crippen molar-refractivity contribution in [3.05, 3.63) is 36.0 Å². The third kappa shape index (κ3) is 3.65. The summed E-state index contributed by atoms with van der Waals surface area (Å²) in [7, 11) is 3.04. The maximum atomic E-state index is 12.6. The van der Waals surface area contributed by atoms with Crippen molar-refractivity contribution in [1.82, 2.24) is 10.2 Å². The van der Waals surface area contributed by atoms with Gasteiger partial charge in [0.15, 0.2) is 16.6 Å². The number of amides is 1. The van der Waals surface area contributed by atoms with Crippen LogP contribution >= 0.6 is 12.2 Å². The van der Waals surface area contributed by atoms with Crippen LogP contribution in [0.5, 0.6) is 11.5 Å². The number of hydrogen-bond donors (Lipinski definition) is 1. The Morgan fingerprint density at radius 3 is 2.46 bits per heavy atom. The van der Waals surface area contributed by atoms with Gasteiger partial charge in [-0.2, -0.15) is 0 Å². The Labute approximate surface area is 157 Å². The molecule has 1 heterocycles. The zero-order valence-corrected chi connectivity index (χ0v) is 16.0. The van der Waals surface area contributed by atoms with Crippen molar-refractivity contribution in [1.29, 1.82) is 0 Å². The van der Waals surface area contributed by atoms with Crippen LogP contribution in [0.2, 0.25) is 0 Å². The van der Waals surface area contributed by atoms with Gasteiger partial charge in [-0.25, -0.2) is 0 Å². The van der Waals surface area contributed by atoms with Crippen LogP contribution in [0.4, 0.5) is 0 Å². The Morgan fingerprint density at radius 2 is 1.92 bits per heavy atom. The van der Waals surface area contributed by atoms with Gasteiger partial charge in [0.25, 0.3) is 0 Å². The predicted molar refractivity (Wildman–Crippen MR) is 99.8 cm³/mol. The second kappa shape index (κ2) is 8.18. The van der Waals surface area contributed by atoms with Crippen molar-refractivity contribution in [3.63, 3.8) is 0 Å². The van der Waals surface area contributed by atoms with Gasteiger partial charge in [-0.15, -0.1) is 0 Å². The lowest BCUT2D eigenvalue weighted by atomic mass is 9.87. The van der Waals surface area contributed by atoms with Gasteiger partial charge < -0.3 is 19.5 Å². The molecule has 1 amide bonds. The van der Waals surface area contributed by atoms with Crippen molar-refractivity contribution >= 4 is 29.2 Å². The van der Waals surface area contributed by atoms with Gasteiger partial charge in [0, 0.05) is 12.6 Å². The van der Waals surface area contributed by atoms with E-state index in [1.54, 1.807) is 25.1 Å². The van der Waals surface area contributed by atoms with Gasteiger partial charge in [-0.1, -0.05) is 12.6 Å². The van der Waals surface area contributed by atoms with Crippen molar-refractivity contribution < 1.29 is 23.8 Å². The number of hydrogen-bond acceptors (Lipinski definition) is 6. The van der Waals surface area contributed by atoms with Crippen LogP contribution in [0, 0.1) is 5.92 Å². The lowest BCUT2D eigenvalue weighted by Crippen LogP contribution is -2.55. The fourth-order valence-electron chi connectivity index (χ4n) is 2.96. The molecule has 2 unspecified atom stereocenters. The standard InChI is InChI=1S/C18H22N2O5S/c1-6-25-17(22)15-10(2)19-18(26)20(11(3)21)16(15)12-7-8-13(23-4)14(9-12)24-5/h7-9,15-16H,2,6H2,1,3-5H3,(H,19,26). The van der Waals surface area contributed by atoms with E-state index in [9.17, 15) is 9.59 Å². The first kappa shape index (κ1) is 19.7. The molecule has 0 saturated carbocycles. The summed E-state index contributed by atoms with van der Waals surface area (Å²) in [4.78, 5) is 26.2. The van der Waals surface area contributed by atoms with Gasteiger partial charge in [0.05, 0.1) is 26.9 Å². The molecule has 140 valence electrons. The molecule has 0 bridgehead atoms. The molecule has 0 aromatic heterocycles. The molecule has 8 heteroatoms. The number of rotatable bonds is 5. The number of carbonyl (C=O) groups excluding carboxylic acids is 2. The number of ether oxygens (including phenoxy) is 3. The fourth-order valence-corrected chi connectivity index (χ4v) is 3.33. The van der Waals surface area contributed by atoms with Crippen LogP contribution in [-0.2, 0) is 14.3 Å². The number of nitrogens with zero attached hydrogens (tertiary/aromatic N) is 1. The molecule has 2 atom stereocenters. The van der Waals surface area contributed by atoms with Crippen LogP contribution in [0.25, 0.3) is 0 Å². The Hall–Kier alpha value is -2.61. The first-order valence-corrected chi connectivity index (χ1v) is 8.44. The molecule has 1 N–H and O–H groups in total. The summed E-state index contributed by atoms with van der Waals surface area (Å²) in [5.74, 6) is -0.592. The SMILES string of the molecule is C=C1NC(=S)N(C(C)=O)C(c2ccc(OC)c(OC)c2)C1C(=O)OCC. The van der Waals surface area contributed by atoms with Crippen molar-refractivity contribution in [2.24, 2.45) is 5.92 Å². The zero-order chi connectivity index (χ0) is 19.4. The molecule has 0 spiro atoms. The fraction of sp³-hybridized carbons (Fsp3) is 0.389. The Bertz CT molecular complexity index is 749. The summed E-state index contributed by atoms with van der Waals surface area (Å²) in [6.07, 6.45) is 0. The molecule has 1 aliphatic heterocycles. The van der Waals surface area contributed by atoms with E-state index in [1.165, 1.54) is 26.0 Å². The van der Waals surface area contributed by atoms with E-state index < -0.39 is 17.9 Å². The summed E-state index contributed by atoms with van der Waals surface area (Å²) < 4.78 is 15.8. The molecule has 7 nitrogen and oxygen atoms in total. The Morgan fingerprint density at radius 1 is 1.27 bits per heavy atom. The van der Waals surface area contributed by atoms with E-state index in [0.29, 0.717) is 22.8 Å². The molecule has 0 aliphatic carbocycles. The summed E-state index contributed by atoms with van der Waals surface area (Å²) in [5, 5.41) is 3.02. The highest BCUT2D eigenvalue weighted by atomic mass is 32.1. The van der Waals surface area contributed by atoms with Crippen LogP contribution < -0.4 is 14.8 Å². The topological polar surface area (TPSA) is 77.1 Å². The largest absolute Gasteiger partial charge is 0.493 e. The van der Waals surface area contributed by atoms with Crippen LogP contribution in [0.15, 0.2) is 30.5 Å². The second-order valence-electron chi connectivity index (χ2n) is 5.63. The maximum Gasteiger partial charge on any atom is 0.317 e. The van der Waals surface area contributed by atoms with Gasteiger partial charge >= 0.3 is 5.97 Å². The number of thiocarbonyl (C=S) groups is 1. The van der Waals surface area contributed by atoms with E-state index in [2.05, 4.69) is 11.9 Å². The summed E-state index contributed by atoms with van der Waals surface area (Å²) >= 11 is 5.30. The lowest BCUT2D eigenvalue weighted by molar-refractivity contribution is -0.149. The van der Waals surface area contributed by atoms with Gasteiger partial charge in [-0.05, 0) is 36.8 Å². The van der Waals surface area contributed by atoms with Crippen LogP contribution in [0.1, 0.15) is 25.5 Å². The van der Waals surface area contributed by atoms with E-state index in [0.717, 1.165) is 0 Å². The second-order valence-corrected chi connectivity index (χ2v) is 6.02. The lowest BCUT2D eigenvalue weighted by Gasteiger charge is -2.41. The Balaban J connectivity index is 2.61. The Kier molecular flexibility index (Phi) is 6.20. The normalized spacial score (nSPS) is 19.6. The highest BCUT2D eigenvalue weighted by Crippen LogP contribution is 2.40. The average Bonchev–Trinajstić information content (AvgIpc) is 2.60. The van der Waals surface area contributed by atoms with Gasteiger partial charge in [0.2, 0.25) is 5.91 Å². The molecule has 1 aliphatic rings. The number of carbonyl (C=O) groups is 2. The molecule has 2 rings (SSSR count). The highest BCUT2D eigenvalue weighted by molar-refractivity contribution is 7.80. The van der Waals surface area contributed by atoms with Crippen molar-refractivity contribution in [2.75, 3.05) is 20.8 Å². The van der Waals surface area contributed by atoms with E-state index >= 15 is 0 Å². The molecular weight excluding hydrogens is 356 g/mol. The van der Waals surface area contributed by atoms with Gasteiger partial charge in [0.1, 0.15) is 5.92 Å². The minimum absolute atomic E-state index is 0.183. The quantitative estimate of drug-likeness (QED) is 0.621. The third-order valence-electron chi connectivity index (χ3n) is 4.08. The molecule has 1 aromatic rings.